The largest absolute Gasteiger partial charge is 0.456 e. The third-order valence-corrected chi connectivity index (χ3v) is 17.5. The van der Waals surface area contributed by atoms with Crippen molar-refractivity contribution < 1.29 is 8.83 Å². The van der Waals surface area contributed by atoms with E-state index in [1.807, 2.05) is 0 Å². The molecule has 0 bridgehead atoms. The first-order valence-electron chi connectivity index (χ1n) is 28.9. The van der Waals surface area contributed by atoms with Crippen LogP contribution < -0.4 is 32.8 Å². The summed E-state index contributed by atoms with van der Waals surface area (Å²) in [7, 11) is 0. The molecule has 0 amide bonds. The molecule has 6 heteroatoms. The fourth-order valence-corrected chi connectivity index (χ4v) is 13.8. The molecule has 0 unspecified atom stereocenters. The van der Waals surface area contributed by atoms with Gasteiger partial charge in [0.05, 0.1) is 22.1 Å². The molecule has 0 aliphatic rings. The molecule has 0 saturated heterocycles. The van der Waals surface area contributed by atoms with Crippen LogP contribution in [0.3, 0.4) is 0 Å². The minimum absolute atomic E-state index is 0.0500. The maximum Gasteiger partial charge on any atom is 0.241 e. The lowest BCUT2D eigenvalue weighted by Gasteiger charge is -2.16. The van der Waals surface area contributed by atoms with E-state index >= 15 is 0 Å². The summed E-state index contributed by atoms with van der Waals surface area (Å²) in [6.07, 6.45) is 0. The summed E-state index contributed by atoms with van der Waals surface area (Å²) in [6.45, 7) is 0.100. The van der Waals surface area contributed by atoms with Crippen molar-refractivity contribution in [3.63, 3.8) is 0 Å². The molecule has 0 atom stereocenters. The van der Waals surface area contributed by atoms with Gasteiger partial charge in [0, 0.05) is 54.5 Å². The molecule has 0 spiro atoms. The third kappa shape index (κ3) is 7.79. The molecule has 4 heterocycles. The van der Waals surface area contributed by atoms with Gasteiger partial charge in [0.25, 0.3) is 0 Å². The van der Waals surface area contributed by atoms with E-state index in [2.05, 4.69) is 312 Å². The molecule has 0 fully saturated rings. The van der Waals surface area contributed by atoms with Crippen LogP contribution in [-0.4, -0.2) is 22.6 Å². The first kappa shape index (κ1) is 47.9. The predicted molar refractivity (Wildman–Crippen MR) is 356 cm³/mol. The maximum atomic E-state index is 6.70. The number of hydrogen-bond donors (Lipinski definition) is 0. The van der Waals surface area contributed by atoms with E-state index in [0.717, 1.165) is 88.5 Å². The van der Waals surface area contributed by atoms with Crippen molar-refractivity contribution in [1.82, 2.24) is 9.13 Å². The number of furan rings is 2. The molecule has 17 aromatic rings. The van der Waals surface area contributed by atoms with Crippen molar-refractivity contribution in [3.05, 3.63) is 303 Å². The lowest BCUT2D eigenvalue weighted by molar-refractivity contribution is 0.668. The molecule has 4 aromatic heterocycles. The van der Waals surface area contributed by atoms with Crippen LogP contribution in [0, 0.1) is 0 Å². The number of fused-ring (bicyclic) bond motifs is 13. The van der Waals surface area contributed by atoms with Gasteiger partial charge >= 0.3 is 0 Å². The zero-order valence-electron chi connectivity index (χ0n) is 45.7. The Balaban J connectivity index is 0.903. The van der Waals surface area contributed by atoms with Gasteiger partial charge in [0.1, 0.15) is 22.3 Å². The van der Waals surface area contributed by atoms with Gasteiger partial charge in [0.2, 0.25) is 13.4 Å². The zero-order valence-corrected chi connectivity index (χ0v) is 45.7. The van der Waals surface area contributed by atoms with Crippen LogP contribution in [0.15, 0.2) is 312 Å². The summed E-state index contributed by atoms with van der Waals surface area (Å²) in [6, 6.07) is 111. The van der Waals surface area contributed by atoms with Gasteiger partial charge in [-0.25, -0.2) is 0 Å². The normalized spacial score (nSPS) is 11.8. The van der Waals surface area contributed by atoms with Gasteiger partial charge in [-0.1, -0.05) is 251 Å². The average Bonchev–Trinajstić information content (AvgIpc) is 2.09. The SMILES string of the molecule is c1ccc(B(c2ccccc2)c2ccc3oc4ccc(-c5cc(-c6ccc7oc8ccc(B(c9ccccc9)c9ccccc9)cc8c7c6)cc(-n6c7ccccc7c7ccc8c(c9ccccc9n8-c8ccccc8)c76)c5)cc4c3c2)cc1. The number of aromatic nitrogens is 2. The molecule has 4 nitrogen and oxygen atoms in total. The molecule has 13 aromatic carbocycles. The van der Waals surface area contributed by atoms with Crippen molar-refractivity contribution in [1.29, 1.82) is 0 Å². The Bertz CT molecular complexity index is 5080. The number of para-hydroxylation sites is 3. The fraction of sp³-hybridized carbons (Fsp3) is 0. The summed E-state index contributed by atoms with van der Waals surface area (Å²) in [5, 5.41) is 9.18. The number of hydrogen-bond acceptors (Lipinski definition) is 2. The molecule has 0 saturated carbocycles. The quantitative estimate of drug-likeness (QED) is 0.128. The predicted octanol–water partition coefficient (Wildman–Crippen LogP) is 16.0. The first-order valence-corrected chi connectivity index (χ1v) is 28.9. The molecule has 0 aliphatic heterocycles. The summed E-state index contributed by atoms with van der Waals surface area (Å²) < 4.78 is 18.3. The van der Waals surface area contributed by atoms with Crippen LogP contribution in [-0.2, 0) is 0 Å². The van der Waals surface area contributed by atoms with Gasteiger partial charge in [0.15, 0.2) is 0 Å². The smallest absolute Gasteiger partial charge is 0.241 e. The molecular formula is C78H50B2N2O2. The molecule has 390 valence electrons. The molecule has 0 N–H and O–H groups in total. The highest BCUT2D eigenvalue weighted by atomic mass is 16.3. The maximum absolute atomic E-state index is 6.70. The highest BCUT2D eigenvalue weighted by molar-refractivity contribution is 6.96. The fourth-order valence-electron chi connectivity index (χ4n) is 13.8. The standard InChI is InChI=1S/C78H50B2N2O2/c1-6-20-55(21-7-1)79(56-22-8-2-9-23-56)59-36-42-75-68(49-59)66-47-51(34-40-73(66)83-75)53-44-54(52-35-41-74-67(48-52)69-50-60(37-43-76(69)84-74)80(57-24-10-3-11-25-57)58-26-12-4-13-27-58)46-62(45-53)82-70-32-18-16-30-63(70)64-38-39-72-77(78(64)82)65-31-17-19-33-71(65)81(72)61-28-14-5-15-29-61/h1-50H. The Labute approximate surface area is 485 Å². The van der Waals surface area contributed by atoms with Gasteiger partial charge in [-0.15, -0.1) is 0 Å². The minimum Gasteiger partial charge on any atom is -0.456 e. The Morgan fingerprint density at radius 3 is 1.12 bits per heavy atom. The second-order valence-corrected chi connectivity index (χ2v) is 22.3. The van der Waals surface area contributed by atoms with Crippen LogP contribution in [0.5, 0.6) is 0 Å². The van der Waals surface area contributed by atoms with Gasteiger partial charge in [-0.3, -0.25) is 0 Å². The van der Waals surface area contributed by atoms with Crippen LogP contribution in [0.1, 0.15) is 0 Å². The zero-order chi connectivity index (χ0) is 55.2. The summed E-state index contributed by atoms with van der Waals surface area (Å²) in [5.74, 6) is 0. The van der Waals surface area contributed by atoms with E-state index in [9.17, 15) is 0 Å². The van der Waals surface area contributed by atoms with Crippen LogP contribution in [0.2, 0.25) is 0 Å². The Morgan fingerprint density at radius 1 is 0.226 bits per heavy atom. The van der Waals surface area contributed by atoms with Crippen LogP contribution in [0.25, 0.3) is 121 Å². The lowest BCUT2D eigenvalue weighted by Crippen LogP contribution is -2.51. The highest BCUT2D eigenvalue weighted by Crippen LogP contribution is 2.44. The van der Waals surface area contributed by atoms with Crippen molar-refractivity contribution in [3.8, 4) is 33.6 Å². The minimum atomic E-state index is 0.0500. The lowest BCUT2D eigenvalue weighted by atomic mass is 9.37. The average molecular weight is 1070 g/mol. The molecular weight excluding hydrogens is 1020 g/mol. The second-order valence-electron chi connectivity index (χ2n) is 22.3. The van der Waals surface area contributed by atoms with E-state index in [4.69, 9.17) is 8.83 Å². The van der Waals surface area contributed by atoms with Crippen molar-refractivity contribution in [2.75, 3.05) is 0 Å². The van der Waals surface area contributed by atoms with E-state index in [0.29, 0.717) is 0 Å². The van der Waals surface area contributed by atoms with Gasteiger partial charge in [-0.2, -0.15) is 0 Å². The Hall–Kier alpha value is -10.8. The van der Waals surface area contributed by atoms with E-state index in [1.54, 1.807) is 0 Å². The Morgan fingerprint density at radius 2 is 0.631 bits per heavy atom. The van der Waals surface area contributed by atoms with E-state index in [1.165, 1.54) is 65.4 Å². The summed E-state index contributed by atoms with van der Waals surface area (Å²) >= 11 is 0. The monoisotopic (exact) mass is 1070 g/mol. The molecule has 84 heavy (non-hydrogen) atoms. The van der Waals surface area contributed by atoms with E-state index < -0.39 is 0 Å². The third-order valence-electron chi connectivity index (χ3n) is 17.5. The first-order chi connectivity index (χ1) is 41.6. The number of benzene rings is 13. The van der Waals surface area contributed by atoms with Crippen molar-refractivity contribution >= 4 is 134 Å². The topological polar surface area (TPSA) is 36.1 Å². The summed E-state index contributed by atoms with van der Waals surface area (Å²) in [5.41, 5.74) is 22.1. The number of rotatable bonds is 10. The number of nitrogens with zero attached hydrogens (tertiary/aromatic N) is 2. The highest BCUT2D eigenvalue weighted by Gasteiger charge is 2.26. The van der Waals surface area contributed by atoms with Crippen molar-refractivity contribution in [2.24, 2.45) is 0 Å². The Kier molecular flexibility index (Phi) is 11.1. The second kappa shape index (κ2) is 19.4. The summed E-state index contributed by atoms with van der Waals surface area (Å²) in [4.78, 5) is 0. The van der Waals surface area contributed by atoms with E-state index in [-0.39, 0.29) is 13.4 Å². The van der Waals surface area contributed by atoms with Crippen molar-refractivity contribution in [2.45, 2.75) is 0 Å². The molecule has 17 rings (SSSR count). The van der Waals surface area contributed by atoms with Crippen LogP contribution >= 0.6 is 0 Å². The molecule has 0 radical (unpaired) electrons. The van der Waals surface area contributed by atoms with Crippen LogP contribution in [0.4, 0.5) is 0 Å². The van der Waals surface area contributed by atoms with Gasteiger partial charge < -0.3 is 18.0 Å². The molecule has 0 aliphatic carbocycles. The van der Waals surface area contributed by atoms with Gasteiger partial charge in [-0.05, 0) is 107 Å².